The highest BCUT2D eigenvalue weighted by Gasteiger charge is 2.00. The van der Waals surface area contributed by atoms with Crippen LogP contribution in [0.2, 0.25) is 0 Å². The number of hydrogen-bond donors (Lipinski definition) is 3. The fourth-order valence-corrected chi connectivity index (χ4v) is 0. The van der Waals surface area contributed by atoms with Gasteiger partial charge in [-0.2, -0.15) is 0 Å². The molecule has 0 saturated carbocycles. The Morgan fingerprint density at radius 1 is 1.20 bits per heavy atom. The summed E-state index contributed by atoms with van der Waals surface area (Å²) in [6.07, 6.45) is 0. The average Bonchev–Trinajstić information content (AvgIpc) is 0.722. The van der Waals surface area contributed by atoms with E-state index in [-0.39, 0.29) is 0 Å². The highest BCUT2D eigenvalue weighted by molar-refractivity contribution is 7.45. The molecule has 0 saturated heterocycles. The SMILES string of the molecule is O=[31P](O)(O)O. The van der Waals surface area contributed by atoms with Crippen LogP contribution in [0.1, 0.15) is 0 Å². The molecule has 0 amide bonds. The molecule has 0 unspecified atom stereocenters. The van der Waals surface area contributed by atoms with Crippen molar-refractivity contribution in [3.05, 3.63) is 0 Å². The Balaban J connectivity index is 3.47. The molecule has 5 heavy (non-hydrogen) atoms. The molecule has 0 aliphatic heterocycles. The Kier molecular flexibility index (Phi) is 1.09. The monoisotopic (exact) mass is 98.0 g/mol. The largest absolute Gasteiger partial charge is 0.466 e. The second-order valence-electron chi connectivity index (χ2n) is 0.513. The predicted molar refractivity (Wildman–Crippen MR) is 14.3 cm³/mol. The molecule has 0 aliphatic carbocycles. The zero-order chi connectivity index (χ0) is 4.50. The molecule has 0 rings (SSSR count). The van der Waals surface area contributed by atoms with Crippen LogP contribution >= 0.6 is 7.82 Å². The van der Waals surface area contributed by atoms with Gasteiger partial charge < -0.3 is 14.7 Å². The summed E-state index contributed by atoms with van der Waals surface area (Å²) in [5.74, 6) is 0. The average molecular weight is 98.0 g/mol. The Hall–Kier alpha value is 0.110. The van der Waals surface area contributed by atoms with Crippen molar-refractivity contribution in [2.24, 2.45) is 0 Å². The fourth-order valence-electron chi connectivity index (χ4n) is 0. The van der Waals surface area contributed by atoms with Gasteiger partial charge in [0.1, 0.15) is 0 Å². The molecule has 3 N–H and O–H groups in total. The summed E-state index contributed by atoms with van der Waals surface area (Å²) in [6.45, 7) is 0. The molecule has 32 valence electrons. The van der Waals surface area contributed by atoms with Crippen LogP contribution in [-0.4, -0.2) is 14.7 Å². The van der Waals surface area contributed by atoms with E-state index in [1.807, 2.05) is 0 Å². The van der Waals surface area contributed by atoms with Crippen LogP contribution in [-0.2, 0) is 4.57 Å². The molecule has 0 aliphatic rings. The molecule has 5 heteroatoms. The van der Waals surface area contributed by atoms with Crippen LogP contribution in [0.4, 0.5) is 0 Å². The van der Waals surface area contributed by atoms with E-state index in [0.717, 1.165) is 0 Å². The smallest absolute Gasteiger partial charge is 0.303 e. The Labute approximate surface area is 28.3 Å². The molecule has 0 spiro atoms. The van der Waals surface area contributed by atoms with Gasteiger partial charge in [-0.15, -0.1) is 0 Å². The van der Waals surface area contributed by atoms with Crippen molar-refractivity contribution >= 4 is 7.82 Å². The number of phosphoric acid groups is 1. The minimum Gasteiger partial charge on any atom is -0.303 e. The third kappa shape index (κ3) is 1510. The normalized spacial score (nSPS) is 11.8. The van der Waals surface area contributed by atoms with E-state index in [1.54, 1.807) is 0 Å². The van der Waals surface area contributed by atoms with Crippen molar-refractivity contribution in [3.8, 4) is 0 Å². The lowest BCUT2D eigenvalue weighted by Crippen LogP contribution is -1.66. The molecule has 0 heterocycles. The maximum absolute atomic E-state index is 8.88. The topological polar surface area (TPSA) is 77.8 Å². The Morgan fingerprint density at radius 2 is 1.20 bits per heavy atom. The first-order valence-corrected chi connectivity index (χ1v) is 2.35. The molecule has 0 radical (unpaired) electrons. The maximum Gasteiger partial charge on any atom is 0.466 e. The van der Waals surface area contributed by atoms with Gasteiger partial charge in [-0.3, -0.25) is 0 Å². The van der Waals surface area contributed by atoms with Crippen LogP contribution in [0.15, 0.2) is 0 Å². The van der Waals surface area contributed by atoms with Crippen LogP contribution in [0.3, 0.4) is 0 Å². The summed E-state index contributed by atoms with van der Waals surface area (Å²) >= 11 is 0. The van der Waals surface area contributed by atoms with Gasteiger partial charge in [0.15, 0.2) is 0 Å². The molecule has 4 nitrogen and oxygen atoms in total. The maximum atomic E-state index is 8.88. The molecule has 0 bridgehead atoms. The summed E-state index contributed by atoms with van der Waals surface area (Å²) in [7, 11) is -4.64. The van der Waals surface area contributed by atoms with E-state index in [2.05, 4.69) is 0 Å². The van der Waals surface area contributed by atoms with Gasteiger partial charge in [0.25, 0.3) is 0 Å². The molecule has 0 aromatic rings. The highest BCUT2D eigenvalue weighted by atomic mass is 31.2. The third-order valence-electron chi connectivity index (χ3n) is 0. The standard InChI is InChI=1S/H3O4P/c1-5(2,3)4/h(H3,1,2,3,4)/i5+0. The molecule has 0 aromatic carbocycles. The van der Waals surface area contributed by atoms with E-state index in [4.69, 9.17) is 19.2 Å². The van der Waals surface area contributed by atoms with Crippen molar-refractivity contribution in [2.45, 2.75) is 0 Å². The van der Waals surface area contributed by atoms with Gasteiger partial charge in [-0.05, 0) is 0 Å². The van der Waals surface area contributed by atoms with Crippen molar-refractivity contribution in [1.29, 1.82) is 0 Å². The van der Waals surface area contributed by atoms with Crippen molar-refractivity contribution in [1.82, 2.24) is 0 Å². The summed E-state index contributed by atoms with van der Waals surface area (Å²) < 4.78 is 8.88. The molecular formula is H3O4P. The quantitative estimate of drug-likeness (QED) is 0.342. The highest BCUT2D eigenvalue weighted by Crippen LogP contribution is 2.25. The first-order chi connectivity index (χ1) is 2.00. The van der Waals surface area contributed by atoms with Gasteiger partial charge in [-0.25, -0.2) is 4.57 Å². The minimum absolute atomic E-state index is 4.64. The number of hydrogen-bond acceptors (Lipinski definition) is 1. The van der Waals surface area contributed by atoms with E-state index in [0.29, 0.717) is 0 Å². The van der Waals surface area contributed by atoms with Gasteiger partial charge in [0.2, 0.25) is 0 Å². The van der Waals surface area contributed by atoms with Crippen LogP contribution < -0.4 is 0 Å². The van der Waals surface area contributed by atoms with Crippen LogP contribution in [0.5, 0.6) is 0 Å². The Bertz CT molecular complexity index is 49.8. The van der Waals surface area contributed by atoms with E-state index >= 15 is 0 Å². The molecule has 0 atom stereocenters. The van der Waals surface area contributed by atoms with Crippen molar-refractivity contribution in [2.75, 3.05) is 0 Å². The van der Waals surface area contributed by atoms with Crippen LogP contribution in [0, 0.1) is 0 Å². The van der Waals surface area contributed by atoms with Gasteiger partial charge in [0.05, 0.1) is 0 Å². The lowest BCUT2D eigenvalue weighted by Gasteiger charge is -1.82. The predicted octanol–water partition coefficient (Wildman–Crippen LogP) is -0.929. The summed E-state index contributed by atoms with van der Waals surface area (Å²) in [6, 6.07) is 0. The van der Waals surface area contributed by atoms with E-state index in [1.165, 1.54) is 0 Å². The fraction of sp³-hybridized carbons (Fsp3) is 0. The molecular weight excluding hydrogens is 95.0 g/mol. The number of rotatable bonds is 0. The van der Waals surface area contributed by atoms with E-state index in [9.17, 15) is 0 Å². The summed E-state index contributed by atoms with van der Waals surface area (Å²) in [4.78, 5) is 21.6. The zero-order valence-electron chi connectivity index (χ0n) is 2.20. The summed E-state index contributed by atoms with van der Waals surface area (Å²) in [5.41, 5.74) is 0. The van der Waals surface area contributed by atoms with Crippen LogP contribution in [0.25, 0.3) is 0 Å². The van der Waals surface area contributed by atoms with Crippen molar-refractivity contribution < 1.29 is 19.2 Å². The van der Waals surface area contributed by atoms with Crippen molar-refractivity contribution in [3.63, 3.8) is 0 Å². The second-order valence-corrected chi connectivity index (χ2v) is 1.54. The first-order valence-electron chi connectivity index (χ1n) is 0.783. The summed E-state index contributed by atoms with van der Waals surface area (Å²) in [5, 5.41) is 0. The molecule has 0 fully saturated rings. The van der Waals surface area contributed by atoms with Gasteiger partial charge in [-0.1, -0.05) is 0 Å². The third-order valence-corrected chi connectivity index (χ3v) is 0. The van der Waals surface area contributed by atoms with Gasteiger partial charge in [0, 0.05) is 0 Å². The Morgan fingerprint density at radius 3 is 1.20 bits per heavy atom. The molecule has 0 aromatic heterocycles. The second kappa shape index (κ2) is 1.06. The first kappa shape index (κ1) is 5.11. The minimum atomic E-state index is -4.64. The van der Waals surface area contributed by atoms with Gasteiger partial charge >= 0.3 is 7.82 Å². The zero-order valence-corrected chi connectivity index (χ0v) is 3.09. The van der Waals surface area contributed by atoms with E-state index < -0.39 is 7.82 Å². The lowest BCUT2D eigenvalue weighted by atomic mass is 15.8. The lowest BCUT2D eigenvalue weighted by molar-refractivity contribution is 0.275.